The van der Waals surface area contributed by atoms with Crippen LogP contribution in [0.4, 0.5) is 5.69 Å². The molecule has 108 valence electrons. The van der Waals surface area contributed by atoms with Crippen LogP contribution >= 0.6 is 11.8 Å². The van der Waals surface area contributed by atoms with Crippen LogP contribution in [0.3, 0.4) is 0 Å². The predicted octanol–water partition coefficient (Wildman–Crippen LogP) is 2.55. The highest BCUT2D eigenvalue weighted by Crippen LogP contribution is 2.24. The van der Waals surface area contributed by atoms with Gasteiger partial charge in [0.15, 0.2) is 0 Å². The van der Waals surface area contributed by atoms with Gasteiger partial charge in [-0.25, -0.2) is 0 Å². The summed E-state index contributed by atoms with van der Waals surface area (Å²) in [6, 6.07) is 5.57. The summed E-state index contributed by atoms with van der Waals surface area (Å²) in [4.78, 5) is 25.9. The molecule has 1 unspecified atom stereocenters. The molecule has 4 nitrogen and oxygen atoms in total. The predicted molar refractivity (Wildman–Crippen MR) is 82.8 cm³/mol. The minimum absolute atomic E-state index is 0.0378. The monoisotopic (exact) mass is 292 g/mol. The first-order chi connectivity index (χ1) is 9.52. The third kappa shape index (κ3) is 3.15. The molecule has 1 saturated heterocycles. The van der Waals surface area contributed by atoms with Crippen molar-refractivity contribution in [3.8, 4) is 0 Å². The Labute approximate surface area is 123 Å². The lowest BCUT2D eigenvalue weighted by Gasteiger charge is -2.23. The molecule has 1 aromatic carbocycles. The molecule has 1 aliphatic rings. The highest BCUT2D eigenvalue weighted by molar-refractivity contribution is 7.99. The van der Waals surface area contributed by atoms with Gasteiger partial charge in [0.1, 0.15) is 6.04 Å². The Morgan fingerprint density at radius 2 is 2.15 bits per heavy atom. The fourth-order valence-corrected chi connectivity index (χ4v) is 3.46. The van der Waals surface area contributed by atoms with Crippen molar-refractivity contribution in [3.63, 3.8) is 0 Å². The molecule has 2 rings (SSSR count). The Balaban J connectivity index is 2.09. The molecule has 1 aliphatic heterocycles. The number of anilines is 1. The van der Waals surface area contributed by atoms with Crippen LogP contribution in [0.5, 0.6) is 0 Å². The summed E-state index contributed by atoms with van der Waals surface area (Å²) in [5.74, 6) is 1.22. The molecule has 0 radical (unpaired) electrons. The summed E-state index contributed by atoms with van der Waals surface area (Å²) >= 11 is 1.62. The van der Waals surface area contributed by atoms with E-state index in [1.165, 1.54) is 5.56 Å². The van der Waals surface area contributed by atoms with E-state index in [-0.39, 0.29) is 17.9 Å². The van der Waals surface area contributed by atoms with E-state index in [0.717, 1.165) is 11.3 Å². The third-order valence-electron chi connectivity index (χ3n) is 3.45. The van der Waals surface area contributed by atoms with Crippen molar-refractivity contribution < 1.29 is 9.59 Å². The number of hydrogen-bond donors (Lipinski definition) is 1. The van der Waals surface area contributed by atoms with Gasteiger partial charge in [-0.2, -0.15) is 0 Å². The molecular weight excluding hydrogens is 272 g/mol. The first kappa shape index (κ1) is 14.9. The van der Waals surface area contributed by atoms with Gasteiger partial charge in [0, 0.05) is 17.9 Å². The third-order valence-corrected chi connectivity index (χ3v) is 4.46. The minimum Gasteiger partial charge on any atom is -0.324 e. The number of benzene rings is 1. The molecule has 0 saturated carbocycles. The van der Waals surface area contributed by atoms with Crippen LogP contribution in [0.25, 0.3) is 0 Å². The zero-order valence-electron chi connectivity index (χ0n) is 12.1. The number of hydrogen-bond acceptors (Lipinski definition) is 3. The fourth-order valence-electron chi connectivity index (χ4n) is 2.28. The van der Waals surface area contributed by atoms with Crippen LogP contribution in [0, 0.1) is 13.8 Å². The summed E-state index contributed by atoms with van der Waals surface area (Å²) in [6.07, 6.45) is 0.438. The number of carbonyl (C=O) groups is 2. The minimum atomic E-state index is -0.354. The zero-order chi connectivity index (χ0) is 14.7. The van der Waals surface area contributed by atoms with Crippen LogP contribution in [0.1, 0.15) is 24.5 Å². The van der Waals surface area contributed by atoms with E-state index in [1.54, 1.807) is 16.7 Å². The first-order valence-electron chi connectivity index (χ1n) is 6.78. The SMILES string of the molecule is CCC(=O)N1CSCC1C(=O)Nc1ccc(C)cc1C. The highest BCUT2D eigenvalue weighted by atomic mass is 32.2. The van der Waals surface area contributed by atoms with Gasteiger partial charge >= 0.3 is 0 Å². The molecule has 2 amide bonds. The summed E-state index contributed by atoms with van der Waals surface area (Å²) in [5, 5.41) is 2.94. The molecule has 5 heteroatoms. The Morgan fingerprint density at radius 1 is 1.40 bits per heavy atom. The zero-order valence-corrected chi connectivity index (χ0v) is 12.9. The Hall–Kier alpha value is -1.49. The van der Waals surface area contributed by atoms with Crippen molar-refractivity contribution in [1.29, 1.82) is 0 Å². The summed E-state index contributed by atoms with van der Waals surface area (Å²) in [5.41, 5.74) is 3.03. The van der Waals surface area contributed by atoms with E-state index in [0.29, 0.717) is 18.1 Å². The molecule has 0 spiro atoms. The number of aryl methyl sites for hydroxylation is 2. The Morgan fingerprint density at radius 3 is 2.80 bits per heavy atom. The standard InChI is InChI=1S/C15H20N2O2S/c1-4-14(18)17-9-20-8-13(17)15(19)16-12-6-5-10(2)7-11(12)3/h5-7,13H,4,8-9H2,1-3H3,(H,16,19). The Bertz CT molecular complexity index is 531. The van der Waals surface area contributed by atoms with E-state index in [4.69, 9.17) is 0 Å². The normalized spacial score (nSPS) is 18.1. The van der Waals surface area contributed by atoms with Crippen molar-refractivity contribution in [2.24, 2.45) is 0 Å². The second kappa shape index (κ2) is 6.31. The van der Waals surface area contributed by atoms with E-state index >= 15 is 0 Å². The number of nitrogens with zero attached hydrogens (tertiary/aromatic N) is 1. The van der Waals surface area contributed by atoms with Crippen LogP contribution in [-0.2, 0) is 9.59 Å². The molecule has 20 heavy (non-hydrogen) atoms. The largest absolute Gasteiger partial charge is 0.324 e. The smallest absolute Gasteiger partial charge is 0.248 e. The van der Waals surface area contributed by atoms with Gasteiger partial charge in [0.05, 0.1) is 5.88 Å². The topological polar surface area (TPSA) is 49.4 Å². The van der Waals surface area contributed by atoms with Crippen LogP contribution in [-0.4, -0.2) is 34.4 Å². The van der Waals surface area contributed by atoms with E-state index in [1.807, 2.05) is 39.0 Å². The number of amides is 2. The molecule has 0 aromatic heterocycles. The molecule has 1 atom stereocenters. The van der Waals surface area contributed by atoms with Gasteiger partial charge in [-0.05, 0) is 25.5 Å². The molecule has 1 fully saturated rings. The van der Waals surface area contributed by atoms with Crippen molar-refractivity contribution in [2.75, 3.05) is 16.9 Å². The number of carbonyl (C=O) groups excluding carboxylic acids is 2. The van der Waals surface area contributed by atoms with Crippen molar-refractivity contribution in [1.82, 2.24) is 4.90 Å². The summed E-state index contributed by atoms with van der Waals surface area (Å²) in [7, 11) is 0. The molecule has 1 aromatic rings. The molecular formula is C15H20N2O2S. The Kier molecular flexibility index (Phi) is 4.70. The summed E-state index contributed by atoms with van der Waals surface area (Å²) in [6.45, 7) is 5.82. The van der Waals surface area contributed by atoms with Crippen molar-refractivity contribution in [3.05, 3.63) is 29.3 Å². The second-order valence-corrected chi connectivity index (χ2v) is 6.04. The highest BCUT2D eigenvalue weighted by Gasteiger charge is 2.33. The lowest BCUT2D eigenvalue weighted by Crippen LogP contribution is -2.44. The maximum Gasteiger partial charge on any atom is 0.248 e. The van der Waals surface area contributed by atoms with E-state index in [2.05, 4.69) is 5.32 Å². The first-order valence-corrected chi connectivity index (χ1v) is 7.93. The van der Waals surface area contributed by atoms with Crippen molar-refractivity contribution >= 4 is 29.3 Å². The lowest BCUT2D eigenvalue weighted by molar-refractivity contribution is -0.135. The molecule has 0 aliphatic carbocycles. The fraction of sp³-hybridized carbons (Fsp3) is 0.467. The number of thioether (sulfide) groups is 1. The average Bonchev–Trinajstić information content (AvgIpc) is 2.90. The van der Waals surface area contributed by atoms with E-state index in [9.17, 15) is 9.59 Å². The number of rotatable bonds is 3. The van der Waals surface area contributed by atoms with Crippen molar-refractivity contribution in [2.45, 2.75) is 33.2 Å². The van der Waals surface area contributed by atoms with Gasteiger partial charge in [0.25, 0.3) is 0 Å². The molecule has 0 bridgehead atoms. The molecule has 1 N–H and O–H groups in total. The van der Waals surface area contributed by atoms with Crippen LogP contribution in [0.15, 0.2) is 18.2 Å². The maximum absolute atomic E-state index is 12.4. The maximum atomic E-state index is 12.4. The van der Waals surface area contributed by atoms with Gasteiger partial charge in [-0.15, -0.1) is 11.8 Å². The van der Waals surface area contributed by atoms with Gasteiger partial charge in [0.2, 0.25) is 11.8 Å². The average molecular weight is 292 g/mol. The summed E-state index contributed by atoms with van der Waals surface area (Å²) < 4.78 is 0. The van der Waals surface area contributed by atoms with Gasteiger partial charge in [-0.1, -0.05) is 24.6 Å². The lowest BCUT2D eigenvalue weighted by atomic mass is 10.1. The second-order valence-electron chi connectivity index (χ2n) is 5.04. The quantitative estimate of drug-likeness (QED) is 0.931. The number of nitrogens with one attached hydrogen (secondary N) is 1. The molecule has 1 heterocycles. The van der Waals surface area contributed by atoms with Crippen LogP contribution < -0.4 is 5.32 Å². The van der Waals surface area contributed by atoms with Gasteiger partial charge < -0.3 is 10.2 Å². The van der Waals surface area contributed by atoms with E-state index < -0.39 is 0 Å². The van der Waals surface area contributed by atoms with Crippen LogP contribution in [0.2, 0.25) is 0 Å². The van der Waals surface area contributed by atoms with Gasteiger partial charge in [-0.3, -0.25) is 9.59 Å².